The van der Waals surface area contributed by atoms with Gasteiger partial charge in [0.25, 0.3) is 0 Å². The summed E-state index contributed by atoms with van der Waals surface area (Å²) in [5, 5.41) is 8.73. The molecule has 1 unspecified atom stereocenters. The highest BCUT2D eigenvalue weighted by Crippen LogP contribution is 2.59. The number of halogens is 2. The summed E-state index contributed by atoms with van der Waals surface area (Å²) >= 11 is 0. The number of amides is 1. The highest BCUT2D eigenvalue weighted by Gasteiger charge is 2.58. The maximum atomic E-state index is 13.0. The highest BCUT2D eigenvalue weighted by molar-refractivity contribution is 5.87. The second-order valence-electron chi connectivity index (χ2n) is 8.28. The van der Waals surface area contributed by atoms with Crippen LogP contribution in [0.3, 0.4) is 0 Å². The largest absolute Gasteiger partial charge is 0.352 e. The summed E-state index contributed by atoms with van der Waals surface area (Å²) in [5.74, 6) is 2.34. The van der Waals surface area contributed by atoms with Crippen LogP contribution in [0.2, 0.25) is 0 Å². The molecule has 1 N–H and O–H groups in total. The van der Waals surface area contributed by atoms with E-state index >= 15 is 0 Å². The minimum atomic E-state index is 0. The van der Waals surface area contributed by atoms with Crippen molar-refractivity contribution in [1.82, 2.24) is 30.0 Å². The van der Waals surface area contributed by atoms with Gasteiger partial charge in [-0.05, 0) is 44.7 Å². The molecule has 2 aromatic heterocycles. The molecule has 0 aromatic carbocycles. The predicted octanol–water partition coefficient (Wildman–Crippen LogP) is 1.55. The molecule has 1 amide bonds. The van der Waals surface area contributed by atoms with Gasteiger partial charge in [0.15, 0.2) is 5.65 Å². The smallest absolute Gasteiger partial charge is 0.226 e. The van der Waals surface area contributed by atoms with Crippen molar-refractivity contribution >= 4 is 47.6 Å². The second-order valence-corrected chi connectivity index (χ2v) is 8.28. The van der Waals surface area contributed by atoms with Gasteiger partial charge >= 0.3 is 0 Å². The van der Waals surface area contributed by atoms with Gasteiger partial charge in [-0.15, -0.1) is 24.8 Å². The van der Waals surface area contributed by atoms with E-state index in [2.05, 4.69) is 30.2 Å². The van der Waals surface area contributed by atoms with Crippen LogP contribution in [0.5, 0.6) is 0 Å². The van der Waals surface area contributed by atoms with Gasteiger partial charge in [0.2, 0.25) is 5.91 Å². The van der Waals surface area contributed by atoms with Crippen molar-refractivity contribution in [2.24, 2.45) is 18.4 Å². The number of fused-ring (bicyclic) bond motifs is 1. The molecule has 1 saturated carbocycles. The number of carbonyl (C=O) groups is 1. The normalized spacial score (nSPS) is 22.9. The first-order valence-electron chi connectivity index (χ1n) is 9.98. The molecule has 8 nitrogen and oxygen atoms in total. The zero-order chi connectivity index (χ0) is 18.6. The van der Waals surface area contributed by atoms with Gasteiger partial charge in [0.1, 0.15) is 11.6 Å². The lowest BCUT2D eigenvalue weighted by Gasteiger charge is -2.36. The minimum Gasteiger partial charge on any atom is -0.352 e. The van der Waals surface area contributed by atoms with E-state index in [1.165, 1.54) is 0 Å². The number of carbonyl (C=O) groups excluding carboxylic acids is 1. The molecule has 3 fully saturated rings. The third-order valence-electron chi connectivity index (χ3n) is 6.66. The molecule has 2 saturated heterocycles. The SMILES string of the molecule is Cc1nc(N2CCN(C(=O)C3CC34CCNCC4)CC2)c2cnn(C)c2n1.Cl.Cl. The maximum absolute atomic E-state index is 13.0. The number of aromatic nitrogens is 4. The molecule has 0 radical (unpaired) electrons. The molecule has 3 aliphatic rings. The van der Waals surface area contributed by atoms with Crippen molar-refractivity contribution in [1.29, 1.82) is 0 Å². The third kappa shape index (κ3) is 3.78. The third-order valence-corrected chi connectivity index (χ3v) is 6.66. The van der Waals surface area contributed by atoms with Crippen LogP contribution >= 0.6 is 24.8 Å². The number of aryl methyl sites for hydroxylation is 2. The Bertz CT molecular complexity index is 888. The lowest BCUT2D eigenvalue weighted by atomic mass is 9.91. The van der Waals surface area contributed by atoms with Crippen LogP contribution in [0.25, 0.3) is 11.0 Å². The molecule has 2 aliphatic heterocycles. The standard InChI is InChI=1S/C19H27N7O.2ClH/c1-13-22-16-14(12-21-24(16)2)17(23-13)25-7-9-26(10-8-25)18(27)15-11-19(15)3-5-20-6-4-19;;/h12,15,20H,3-11H2,1-2H3;2*1H. The number of anilines is 1. The number of nitrogens with one attached hydrogen (secondary N) is 1. The van der Waals surface area contributed by atoms with Crippen LogP contribution in [0.1, 0.15) is 25.1 Å². The lowest BCUT2D eigenvalue weighted by Crippen LogP contribution is -2.50. The number of piperidine rings is 1. The van der Waals surface area contributed by atoms with E-state index in [9.17, 15) is 4.79 Å². The van der Waals surface area contributed by atoms with Crippen LogP contribution in [0.4, 0.5) is 5.82 Å². The number of nitrogens with zero attached hydrogens (tertiary/aromatic N) is 6. The fraction of sp³-hybridized carbons (Fsp3) is 0.684. The van der Waals surface area contributed by atoms with Crippen LogP contribution in [-0.4, -0.2) is 69.8 Å². The van der Waals surface area contributed by atoms with Gasteiger partial charge in [0.05, 0.1) is 11.6 Å². The molecule has 160 valence electrons. The Morgan fingerprint density at radius 3 is 2.52 bits per heavy atom. The summed E-state index contributed by atoms with van der Waals surface area (Å²) in [5.41, 5.74) is 1.17. The molecule has 10 heteroatoms. The molecule has 5 rings (SSSR count). The van der Waals surface area contributed by atoms with E-state index in [1.807, 2.05) is 20.2 Å². The van der Waals surface area contributed by atoms with Crippen LogP contribution in [-0.2, 0) is 11.8 Å². The zero-order valence-corrected chi connectivity index (χ0v) is 18.6. The topological polar surface area (TPSA) is 79.2 Å². The van der Waals surface area contributed by atoms with Gasteiger partial charge < -0.3 is 15.1 Å². The first-order chi connectivity index (χ1) is 13.1. The predicted molar refractivity (Wildman–Crippen MR) is 117 cm³/mol. The van der Waals surface area contributed by atoms with Crippen molar-refractivity contribution in [3.05, 3.63) is 12.0 Å². The van der Waals surface area contributed by atoms with Crippen molar-refractivity contribution in [3.8, 4) is 0 Å². The summed E-state index contributed by atoms with van der Waals surface area (Å²) in [7, 11) is 1.90. The van der Waals surface area contributed by atoms with Crippen molar-refractivity contribution in [3.63, 3.8) is 0 Å². The lowest BCUT2D eigenvalue weighted by molar-refractivity contribution is -0.133. The molecule has 1 atom stereocenters. The summed E-state index contributed by atoms with van der Waals surface area (Å²) < 4.78 is 1.79. The van der Waals surface area contributed by atoms with Gasteiger partial charge in [-0.1, -0.05) is 0 Å². The highest BCUT2D eigenvalue weighted by atomic mass is 35.5. The fourth-order valence-corrected chi connectivity index (χ4v) is 4.89. The Balaban J connectivity index is 0.00000120. The van der Waals surface area contributed by atoms with E-state index in [-0.39, 0.29) is 30.7 Å². The molecule has 1 aliphatic carbocycles. The number of hydrogen-bond donors (Lipinski definition) is 1. The average molecular weight is 442 g/mol. The van der Waals surface area contributed by atoms with Gasteiger partial charge in [-0.2, -0.15) is 5.10 Å². The Hall–Kier alpha value is -1.64. The summed E-state index contributed by atoms with van der Waals surface area (Å²) in [6, 6.07) is 0. The molecular weight excluding hydrogens is 413 g/mol. The van der Waals surface area contributed by atoms with Crippen molar-refractivity contribution < 1.29 is 4.79 Å². The molecule has 2 aromatic rings. The van der Waals surface area contributed by atoms with Crippen LogP contribution in [0.15, 0.2) is 6.20 Å². The monoisotopic (exact) mass is 441 g/mol. The van der Waals surface area contributed by atoms with Crippen molar-refractivity contribution in [2.75, 3.05) is 44.2 Å². The van der Waals surface area contributed by atoms with Gasteiger partial charge in [0, 0.05) is 39.1 Å². The first-order valence-corrected chi connectivity index (χ1v) is 9.98. The van der Waals surface area contributed by atoms with E-state index in [4.69, 9.17) is 0 Å². The minimum absolute atomic E-state index is 0. The van der Waals surface area contributed by atoms with E-state index in [1.54, 1.807) is 4.68 Å². The maximum Gasteiger partial charge on any atom is 0.226 e. The Labute approximate surface area is 183 Å². The summed E-state index contributed by atoms with van der Waals surface area (Å²) in [6.07, 6.45) is 5.24. The number of piperazine rings is 1. The quantitative estimate of drug-likeness (QED) is 0.761. The Morgan fingerprint density at radius 1 is 1.14 bits per heavy atom. The fourth-order valence-electron chi connectivity index (χ4n) is 4.89. The van der Waals surface area contributed by atoms with Gasteiger partial charge in [-0.25, -0.2) is 9.97 Å². The van der Waals surface area contributed by atoms with Crippen molar-refractivity contribution in [2.45, 2.75) is 26.2 Å². The number of hydrogen-bond acceptors (Lipinski definition) is 6. The molecular formula is C19H29Cl2N7O. The first kappa shape index (κ1) is 22.1. The van der Waals surface area contributed by atoms with Gasteiger partial charge in [-0.3, -0.25) is 9.48 Å². The zero-order valence-electron chi connectivity index (χ0n) is 16.9. The average Bonchev–Trinajstić information content (AvgIpc) is 3.25. The van der Waals surface area contributed by atoms with E-state index < -0.39 is 0 Å². The summed E-state index contributed by atoms with van der Waals surface area (Å²) in [4.78, 5) is 26.5. The van der Waals surface area contributed by atoms with Crippen LogP contribution in [0, 0.1) is 18.3 Å². The Kier molecular flexibility index (Phi) is 6.27. The Morgan fingerprint density at radius 2 is 1.83 bits per heavy atom. The molecule has 1 spiro atoms. The summed E-state index contributed by atoms with van der Waals surface area (Å²) in [6.45, 7) is 7.21. The molecule has 4 heterocycles. The molecule has 0 bridgehead atoms. The second kappa shape index (κ2) is 8.24. The molecule has 29 heavy (non-hydrogen) atoms. The number of rotatable bonds is 2. The van der Waals surface area contributed by atoms with E-state index in [0.717, 1.165) is 81.2 Å². The van der Waals surface area contributed by atoms with E-state index in [0.29, 0.717) is 11.3 Å². The van der Waals surface area contributed by atoms with Crippen LogP contribution < -0.4 is 10.2 Å².